The zero-order valence-electron chi connectivity index (χ0n) is 12.5. The molecule has 5 heteroatoms. The molecule has 0 radical (unpaired) electrons. The number of benzene rings is 1. The van der Waals surface area contributed by atoms with Crippen molar-refractivity contribution in [3.63, 3.8) is 0 Å². The Bertz CT molecular complexity index is 670. The number of hydrogen-bond donors (Lipinski definition) is 2. The summed E-state index contributed by atoms with van der Waals surface area (Å²) in [5, 5.41) is 2.93. The van der Waals surface area contributed by atoms with E-state index in [9.17, 15) is 4.79 Å². The van der Waals surface area contributed by atoms with E-state index in [-0.39, 0.29) is 5.91 Å². The highest BCUT2D eigenvalue weighted by molar-refractivity contribution is 7.73. The van der Waals surface area contributed by atoms with Crippen LogP contribution in [0.2, 0.25) is 0 Å². The van der Waals surface area contributed by atoms with Gasteiger partial charge in [0.05, 0.1) is 6.42 Å². The van der Waals surface area contributed by atoms with Gasteiger partial charge in [-0.25, -0.2) is 0 Å². The average molecular weight is 320 g/mol. The van der Waals surface area contributed by atoms with Crippen molar-refractivity contribution >= 4 is 35.1 Å². The number of aryl methyl sites for hydroxylation is 1. The molecule has 1 amide bonds. The molecule has 0 fully saturated rings. The number of aromatic nitrogens is 1. The molecule has 1 atom stereocenters. The molecular weight excluding hydrogens is 300 g/mol. The molecule has 0 aliphatic rings. The second kappa shape index (κ2) is 7.00. The lowest BCUT2D eigenvalue weighted by Gasteiger charge is -2.10. The lowest BCUT2D eigenvalue weighted by molar-refractivity contribution is -0.115. The Balaban J connectivity index is 1.99. The van der Waals surface area contributed by atoms with Gasteiger partial charge in [0.15, 0.2) is 3.95 Å². The Morgan fingerprint density at radius 2 is 2.05 bits per heavy atom. The standard InChI is InChI=1S/C16H20N2OS2/c1-4-10(2)12-5-7-13(8-6-12)18-15(19)9-14-11(3)17-16(20)21-14/h5-8,10H,4,9H2,1-3H3,(H,17,20)(H,18,19). The first kappa shape index (κ1) is 15.9. The van der Waals surface area contributed by atoms with E-state index in [1.54, 1.807) is 0 Å². The average Bonchev–Trinajstić information content (AvgIpc) is 2.76. The number of anilines is 1. The number of hydrogen-bond acceptors (Lipinski definition) is 3. The molecule has 1 unspecified atom stereocenters. The van der Waals surface area contributed by atoms with Crippen molar-refractivity contribution in [2.45, 2.75) is 39.5 Å². The summed E-state index contributed by atoms with van der Waals surface area (Å²) in [7, 11) is 0. The summed E-state index contributed by atoms with van der Waals surface area (Å²) in [4.78, 5) is 16.1. The fourth-order valence-electron chi connectivity index (χ4n) is 2.09. The Labute approximate surface area is 134 Å². The summed E-state index contributed by atoms with van der Waals surface area (Å²) in [6.45, 7) is 6.32. The van der Waals surface area contributed by atoms with E-state index < -0.39 is 0 Å². The SMILES string of the molecule is CCC(C)c1ccc(NC(=O)Cc2sc(=S)[nH]c2C)cc1. The molecule has 2 aromatic rings. The number of H-pyrrole nitrogens is 1. The largest absolute Gasteiger partial charge is 0.341 e. The van der Waals surface area contributed by atoms with Crippen molar-refractivity contribution in [1.82, 2.24) is 4.98 Å². The summed E-state index contributed by atoms with van der Waals surface area (Å²) in [5.41, 5.74) is 3.12. The maximum atomic E-state index is 12.1. The molecule has 0 saturated heterocycles. The van der Waals surface area contributed by atoms with Crippen molar-refractivity contribution in [2.75, 3.05) is 5.32 Å². The Morgan fingerprint density at radius 3 is 2.57 bits per heavy atom. The Hall–Kier alpha value is -1.46. The lowest BCUT2D eigenvalue weighted by atomic mass is 9.99. The molecule has 0 saturated carbocycles. The predicted octanol–water partition coefficient (Wildman–Crippen LogP) is 4.81. The van der Waals surface area contributed by atoms with Crippen molar-refractivity contribution in [2.24, 2.45) is 0 Å². The highest BCUT2D eigenvalue weighted by Gasteiger charge is 2.09. The van der Waals surface area contributed by atoms with Gasteiger partial charge in [0.25, 0.3) is 0 Å². The predicted molar refractivity (Wildman–Crippen MR) is 91.7 cm³/mol. The number of thiazole rings is 1. The van der Waals surface area contributed by atoms with Crippen LogP contribution in [-0.2, 0) is 11.2 Å². The van der Waals surface area contributed by atoms with Crippen LogP contribution in [0, 0.1) is 10.9 Å². The molecule has 2 N–H and O–H groups in total. The van der Waals surface area contributed by atoms with Gasteiger partial charge in [0, 0.05) is 16.3 Å². The number of rotatable bonds is 5. The zero-order chi connectivity index (χ0) is 15.4. The summed E-state index contributed by atoms with van der Waals surface area (Å²) >= 11 is 6.55. The van der Waals surface area contributed by atoms with Crippen LogP contribution in [0.4, 0.5) is 5.69 Å². The van der Waals surface area contributed by atoms with Crippen LogP contribution in [0.5, 0.6) is 0 Å². The fraction of sp³-hybridized carbons (Fsp3) is 0.375. The van der Waals surface area contributed by atoms with Gasteiger partial charge in [-0.15, -0.1) is 11.3 Å². The van der Waals surface area contributed by atoms with Crippen molar-refractivity contribution in [1.29, 1.82) is 0 Å². The fourth-order valence-corrected chi connectivity index (χ4v) is 3.38. The van der Waals surface area contributed by atoms with E-state index >= 15 is 0 Å². The first-order valence-electron chi connectivity index (χ1n) is 7.08. The van der Waals surface area contributed by atoms with Crippen LogP contribution >= 0.6 is 23.6 Å². The maximum absolute atomic E-state index is 12.1. The van der Waals surface area contributed by atoms with Gasteiger partial charge < -0.3 is 10.3 Å². The molecule has 3 nitrogen and oxygen atoms in total. The molecule has 1 aromatic heterocycles. The van der Waals surface area contributed by atoms with Crippen LogP contribution < -0.4 is 5.32 Å². The molecule has 0 aliphatic carbocycles. The van der Waals surface area contributed by atoms with Gasteiger partial charge in [0.1, 0.15) is 0 Å². The molecule has 0 spiro atoms. The highest BCUT2D eigenvalue weighted by Crippen LogP contribution is 2.21. The second-order valence-electron chi connectivity index (χ2n) is 5.22. The van der Waals surface area contributed by atoms with E-state index in [1.165, 1.54) is 16.9 Å². The zero-order valence-corrected chi connectivity index (χ0v) is 14.2. The molecule has 21 heavy (non-hydrogen) atoms. The summed E-state index contributed by atoms with van der Waals surface area (Å²) in [5.74, 6) is 0.532. The lowest BCUT2D eigenvalue weighted by Crippen LogP contribution is -2.14. The minimum Gasteiger partial charge on any atom is -0.341 e. The van der Waals surface area contributed by atoms with E-state index in [4.69, 9.17) is 12.2 Å². The first-order valence-corrected chi connectivity index (χ1v) is 8.30. The second-order valence-corrected chi connectivity index (χ2v) is 6.99. The van der Waals surface area contributed by atoms with Crippen molar-refractivity contribution < 1.29 is 4.79 Å². The van der Waals surface area contributed by atoms with Gasteiger partial charge >= 0.3 is 0 Å². The van der Waals surface area contributed by atoms with Gasteiger partial charge in [-0.1, -0.05) is 26.0 Å². The summed E-state index contributed by atoms with van der Waals surface area (Å²) in [6, 6.07) is 8.08. The number of carbonyl (C=O) groups excluding carboxylic acids is 1. The number of carbonyl (C=O) groups is 1. The summed E-state index contributed by atoms with van der Waals surface area (Å²) in [6.07, 6.45) is 1.47. The van der Waals surface area contributed by atoms with Gasteiger partial charge in [-0.05, 0) is 49.2 Å². The topological polar surface area (TPSA) is 44.9 Å². The smallest absolute Gasteiger partial charge is 0.229 e. The van der Waals surface area contributed by atoms with E-state index in [0.29, 0.717) is 16.3 Å². The van der Waals surface area contributed by atoms with E-state index in [1.807, 2.05) is 19.1 Å². The first-order chi connectivity index (χ1) is 9.99. The van der Waals surface area contributed by atoms with Crippen LogP contribution in [-0.4, -0.2) is 10.9 Å². The Morgan fingerprint density at radius 1 is 1.38 bits per heavy atom. The third-order valence-corrected chi connectivity index (χ3v) is 4.96. The number of nitrogens with one attached hydrogen (secondary N) is 2. The molecule has 1 heterocycles. The summed E-state index contributed by atoms with van der Waals surface area (Å²) < 4.78 is 0.716. The van der Waals surface area contributed by atoms with Crippen LogP contribution in [0.15, 0.2) is 24.3 Å². The van der Waals surface area contributed by atoms with E-state index in [2.05, 4.69) is 36.3 Å². The van der Waals surface area contributed by atoms with Gasteiger partial charge in [-0.3, -0.25) is 4.79 Å². The number of aromatic amines is 1. The maximum Gasteiger partial charge on any atom is 0.229 e. The molecule has 0 aliphatic heterocycles. The third kappa shape index (κ3) is 4.25. The van der Waals surface area contributed by atoms with Crippen LogP contribution in [0.25, 0.3) is 0 Å². The molecule has 0 bridgehead atoms. The monoisotopic (exact) mass is 320 g/mol. The minimum absolute atomic E-state index is 0.0142. The molecule has 112 valence electrons. The minimum atomic E-state index is -0.0142. The highest BCUT2D eigenvalue weighted by atomic mass is 32.1. The molecule has 2 rings (SSSR count). The quantitative estimate of drug-likeness (QED) is 0.777. The van der Waals surface area contributed by atoms with Crippen molar-refractivity contribution in [3.05, 3.63) is 44.4 Å². The third-order valence-electron chi connectivity index (χ3n) is 3.62. The number of amides is 1. The van der Waals surface area contributed by atoms with Crippen LogP contribution in [0.1, 0.15) is 42.3 Å². The van der Waals surface area contributed by atoms with Crippen LogP contribution in [0.3, 0.4) is 0 Å². The molecular formula is C16H20N2OS2. The van der Waals surface area contributed by atoms with E-state index in [0.717, 1.165) is 22.7 Å². The van der Waals surface area contributed by atoms with Crippen molar-refractivity contribution in [3.8, 4) is 0 Å². The Kier molecular flexibility index (Phi) is 5.31. The normalized spacial score (nSPS) is 12.1. The molecule has 1 aromatic carbocycles. The van der Waals surface area contributed by atoms with Gasteiger partial charge in [-0.2, -0.15) is 0 Å². The van der Waals surface area contributed by atoms with Gasteiger partial charge in [0.2, 0.25) is 5.91 Å².